The second kappa shape index (κ2) is 6.12. The molecule has 0 radical (unpaired) electrons. The zero-order chi connectivity index (χ0) is 12.0. The summed E-state index contributed by atoms with van der Waals surface area (Å²) < 4.78 is 4.44. The monoisotopic (exact) mass is 243 g/mol. The SMILES string of the molecule is COC(=O)N[C@@H](CC(=O)O)Cc1ccsc1. The van der Waals surface area contributed by atoms with Crippen LogP contribution in [0.5, 0.6) is 0 Å². The van der Waals surface area contributed by atoms with Gasteiger partial charge in [0, 0.05) is 6.04 Å². The van der Waals surface area contributed by atoms with Gasteiger partial charge in [0.2, 0.25) is 0 Å². The van der Waals surface area contributed by atoms with Crippen molar-refractivity contribution >= 4 is 23.4 Å². The molecule has 0 saturated heterocycles. The molecule has 6 heteroatoms. The number of carbonyl (C=O) groups is 2. The van der Waals surface area contributed by atoms with Gasteiger partial charge in [-0.1, -0.05) is 0 Å². The highest BCUT2D eigenvalue weighted by Gasteiger charge is 2.16. The molecule has 0 fully saturated rings. The molecule has 0 bridgehead atoms. The number of hydrogen-bond acceptors (Lipinski definition) is 4. The van der Waals surface area contributed by atoms with Crippen LogP contribution >= 0.6 is 11.3 Å². The third-order valence-electron chi connectivity index (χ3n) is 1.99. The first-order valence-electron chi connectivity index (χ1n) is 4.69. The van der Waals surface area contributed by atoms with Crippen molar-refractivity contribution in [1.82, 2.24) is 5.32 Å². The van der Waals surface area contributed by atoms with Crippen molar-refractivity contribution in [3.05, 3.63) is 22.4 Å². The third-order valence-corrected chi connectivity index (χ3v) is 2.72. The van der Waals surface area contributed by atoms with Crippen molar-refractivity contribution in [2.75, 3.05) is 7.11 Å². The number of thiophene rings is 1. The number of hydrogen-bond donors (Lipinski definition) is 2. The predicted molar refractivity (Wildman–Crippen MR) is 59.6 cm³/mol. The minimum Gasteiger partial charge on any atom is -0.481 e. The Morgan fingerprint density at radius 2 is 2.38 bits per heavy atom. The summed E-state index contributed by atoms with van der Waals surface area (Å²) >= 11 is 1.53. The second-order valence-electron chi connectivity index (χ2n) is 3.27. The number of carboxylic acids is 1. The lowest BCUT2D eigenvalue weighted by molar-refractivity contribution is -0.137. The molecular formula is C10H13NO4S. The first-order valence-corrected chi connectivity index (χ1v) is 5.63. The average molecular weight is 243 g/mol. The van der Waals surface area contributed by atoms with Crippen LogP contribution in [-0.2, 0) is 16.0 Å². The van der Waals surface area contributed by atoms with Crippen molar-refractivity contribution < 1.29 is 19.4 Å². The smallest absolute Gasteiger partial charge is 0.407 e. The summed E-state index contributed by atoms with van der Waals surface area (Å²) in [4.78, 5) is 21.6. The van der Waals surface area contributed by atoms with E-state index < -0.39 is 18.1 Å². The number of methoxy groups -OCH3 is 1. The fourth-order valence-electron chi connectivity index (χ4n) is 1.30. The highest BCUT2D eigenvalue weighted by Crippen LogP contribution is 2.10. The Hall–Kier alpha value is -1.56. The van der Waals surface area contributed by atoms with E-state index in [1.807, 2.05) is 16.8 Å². The van der Waals surface area contributed by atoms with Crippen LogP contribution < -0.4 is 5.32 Å². The largest absolute Gasteiger partial charge is 0.481 e. The highest BCUT2D eigenvalue weighted by atomic mass is 32.1. The number of carbonyl (C=O) groups excluding carboxylic acids is 1. The lowest BCUT2D eigenvalue weighted by atomic mass is 10.1. The van der Waals surface area contributed by atoms with Crippen LogP contribution in [0.15, 0.2) is 16.8 Å². The summed E-state index contributed by atoms with van der Waals surface area (Å²) in [5, 5.41) is 15.0. The van der Waals surface area contributed by atoms with E-state index in [4.69, 9.17) is 5.11 Å². The van der Waals surface area contributed by atoms with Crippen LogP contribution in [0.1, 0.15) is 12.0 Å². The maximum Gasteiger partial charge on any atom is 0.407 e. The first kappa shape index (κ1) is 12.5. The Balaban J connectivity index is 2.56. The molecule has 1 atom stereocenters. The van der Waals surface area contributed by atoms with E-state index in [9.17, 15) is 9.59 Å². The summed E-state index contributed by atoms with van der Waals surface area (Å²) in [5.41, 5.74) is 1.01. The van der Waals surface area contributed by atoms with E-state index in [1.54, 1.807) is 0 Å². The van der Waals surface area contributed by atoms with Crippen molar-refractivity contribution in [2.45, 2.75) is 18.9 Å². The maximum absolute atomic E-state index is 11.0. The summed E-state index contributed by atoms with van der Waals surface area (Å²) in [7, 11) is 1.25. The minimum absolute atomic E-state index is 0.120. The molecule has 16 heavy (non-hydrogen) atoms. The van der Waals surface area contributed by atoms with Crippen molar-refractivity contribution in [3.8, 4) is 0 Å². The van der Waals surface area contributed by atoms with Crippen LogP contribution in [0.3, 0.4) is 0 Å². The van der Waals surface area contributed by atoms with E-state index in [0.717, 1.165) is 5.56 Å². The Morgan fingerprint density at radius 1 is 1.62 bits per heavy atom. The molecule has 0 spiro atoms. The summed E-state index contributed by atoms with van der Waals surface area (Å²) in [5.74, 6) is -0.948. The van der Waals surface area contributed by atoms with Gasteiger partial charge in [-0.25, -0.2) is 4.79 Å². The molecule has 1 amide bonds. The van der Waals surface area contributed by atoms with Crippen LogP contribution in [0.4, 0.5) is 4.79 Å². The number of carboxylic acid groups (broad SMARTS) is 1. The van der Waals surface area contributed by atoms with Gasteiger partial charge in [-0.15, -0.1) is 0 Å². The van der Waals surface area contributed by atoms with Gasteiger partial charge < -0.3 is 15.2 Å². The van der Waals surface area contributed by atoms with Crippen LogP contribution in [0, 0.1) is 0 Å². The minimum atomic E-state index is -0.948. The summed E-state index contributed by atoms with van der Waals surface area (Å²) in [6, 6.07) is 1.46. The number of rotatable bonds is 5. The van der Waals surface area contributed by atoms with Gasteiger partial charge in [-0.05, 0) is 28.8 Å². The molecule has 0 aliphatic carbocycles. The van der Waals surface area contributed by atoms with Gasteiger partial charge in [0.05, 0.1) is 13.5 Å². The first-order chi connectivity index (χ1) is 7.61. The van der Waals surface area contributed by atoms with Crippen LogP contribution in [-0.4, -0.2) is 30.3 Å². The topological polar surface area (TPSA) is 75.6 Å². The van der Waals surface area contributed by atoms with E-state index in [2.05, 4.69) is 10.1 Å². The lowest BCUT2D eigenvalue weighted by Crippen LogP contribution is -2.37. The van der Waals surface area contributed by atoms with E-state index in [0.29, 0.717) is 6.42 Å². The molecule has 2 N–H and O–H groups in total. The van der Waals surface area contributed by atoms with Gasteiger partial charge in [-0.3, -0.25) is 4.79 Å². The molecule has 1 heterocycles. The highest BCUT2D eigenvalue weighted by molar-refractivity contribution is 7.07. The van der Waals surface area contributed by atoms with Gasteiger partial charge in [0.1, 0.15) is 0 Å². The second-order valence-corrected chi connectivity index (χ2v) is 4.05. The number of aliphatic carboxylic acids is 1. The normalized spacial score (nSPS) is 11.8. The predicted octanol–water partition coefficient (Wildman–Crippen LogP) is 1.49. The molecular weight excluding hydrogens is 230 g/mol. The number of ether oxygens (including phenoxy) is 1. The lowest BCUT2D eigenvalue weighted by Gasteiger charge is -2.15. The molecule has 0 aromatic carbocycles. The van der Waals surface area contributed by atoms with Crippen molar-refractivity contribution in [2.24, 2.45) is 0 Å². The summed E-state index contributed by atoms with van der Waals surface area (Å²) in [6.45, 7) is 0. The van der Waals surface area contributed by atoms with Crippen molar-refractivity contribution in [3.63, 3.8) is 0 Å². The fraction of sp³-hybridized carbons (Fsp3) is 0.400. The summed E-state index contributed by atoms with van der Waals surface area (Å²) in [6.07, 6.45) is -0.239. The van der Waals surface area contributed by atoms with Crippen LogP contribution in [0.25, 0.3) is 0 Å². The number of alkyl carbamates (subject to hydrolysis) is 1. The molecule has 5 nitrogen and oxygen atoms in total. The van der Waals surface area contributed by atoms with E-state index in [-0.39, 0.29) is 6.42 Å². The molecule has 0 unspecified atom stereocenters. The molecule has 88 valence electrons. The molecule has 0 aliphatic heterocycles. The van der Waals surface area contributed by atoms with Gasteiger partial charge in [0.25, 0.3) is 0 Å². The van der Waals surface area contributed by atoms with Gasteiger partial charge in [0.15, 0.2) is 0 Å². The molecule has 1 aromatic heterocycles. The number of nitrogens with one attached hydrogen (secondary N) is 1. The van der Waals surface area contributed by atoms with Gasteiger partial charge >= 0.3 is 12.1 Å². The third kappa shape index (κ3) is 4.31. The Morgan fingerprint density at radius 3 is 2.88 bits per heavy atom. The van der Waals surface area contributed by atoms with Crippen LogP contribution in [0.2, 0.25) is 0 Å². The maximum atomic E-state index is 11.0. The molecule has 1 rings (SSSR count). The Kier molecular flexibility index (Phi) is 4.78. The van der Waals surface area contributed by atoms with Crippen molar-refractivity contribution in [1.29, 1.82) is 0 Å². The fourth-order valence-corrected chi connectivity index (χ4v) is 1.99. The Bertz CT molecular complexity index is 350. The number of amides is 1. The zero-order valence-corrected chi connectivity index (χ0v) is 9.62. The molecule has 0 aliphatic rings. The van der Waals surface area contributed by atoms with Gasteiger partial charge in [-0.2, -0.15) is 11.3 Å². The zero-order valence-electron chi connectivity index (χ0n) is 8.80. The van der Waals surface area contributed by atoms with E-state index >= 15 is 0 Å². The molecule has 0 saturated carbocycles. The van der Waals surface area contributed by atoms with E-state index in [1.165, 1.54) is 18.4 Å². The quantitative estimate of drug-likeness (QED) is 0.821. The average Bonchev–Trinajstić information content (AvgIpc) is 2.69. The Labute approximate surface area is 97.0 Å². The standard InChI is InChI=1S/C10H13NO4S/c1-15-10(14)11-8(5-9(12)13)4-7-2-3-16-6-7/h2-3,6,8H,4-5H2,1H3,(H,11,14)(H,12,13)/t8-/m1/s1. The molecule has 1 aromatic rings.